The summed E-state index contributed by atoms with van der Waals surface area (Å²) >= 11 is 0. The molecule has 33 heavy (non-hydrogen) atoms. The number of hydrogen-bond acceptors (Lipinski definition) is 7. The largest absolute Gasteiger partial charge is 0.472 e. The maximum absolute atomic E-state index is 5.24. The van der Waals surface area contributed by atoms with Crippen LogP contribution in [0.1, 0.15) is 5.56 Å². The molecule has 0 aliphatic heterocycles. The predicted octanol–water partition coefficient (Wildman–Crippen LogP) is 4.28. The summed E-state index contributed by atoms with van der Waals surface area (Å²) in [6, 6.07) is 6.03. The lowest BCUT2D eigenvalue weighted by molar-refractivity contribution is 0.402. The molecule has 9 heteroatoms. The Kier molecular flexibility index (Phi) is 4.48. The van der Waals surface area contributed by atoms with E-state index in [2.05, 4.69) is 41.1 Å². The Morgan fingerprint density at radius 2 is 1.88 bits per heavy atom. The SMILES string of the molecule is CN(C)Cc1cncc(-c2cc3c(-c4nc5c(-c6ccoc6)cncc5[nH]4)n[nH]c3cn2)c1. The van der Waals surface area contributed by atoms with Crippen molar-refractivity contribution in [3.8, 4) is 33.9 Å². The van der Waals surface area contributed by atoms with Gasteiger partial charge in [-0.2, -0.15) is 5.10 Å². The van der Waals surface area contributed by atoms with Gasteiger partial charge in [0.2, 0.25) is 0 Å². The van der Waals surface area contributed by atoms with Gasteiger partial charge in [-0.3, -0.25) is 20.1 Å². The fourth-order valence-corrected chi connectivity index (χ4v) is 4.01. The van der Waals surface area contributed by atoms with Gasteiger partial charge in [0.25, 0.3) is 0 Å². The van der Waals surface area contributed by atoms with Crippen LogP contribution >= 0.6 is 0 Å². The number of nitrogens with zero attached hydrogens (tertiary/aromatic N) is 6. The minimum atomic E-state index is 0.658. The average Bonchev–Trinajstić information content (AvgIpc) is 3.57. The molecule has 0 aliphatic rings. The van der Waals surface area contributed by atoms with E-state index >= 15 is 0 Å². The zero-order valence-electron chi connectivity index (χ0n) is 18.1. The Bertz CT molecular complexity index is 1580. The van der Waals surface area contributed by atoms with Crippen LogP contribution in [0.2, 0.25) is 0 Å². The summed E-state index contributed by atoms with van der Waals surface area (Å²) in [5.74, 6) is 0.658. The van der Waals surface area contributed by atoms with Gasteiger partial charge >= 0.3 is 0 Å². The molecule has 6 rings (SSSR count). The Morgan fingerprint density at radius 3 is 2.73 bits per heavy atom. The fourth-order valence-electron chi connectivity index (χ4n) is 4.01. The molecule has 0 aromatic carbocycles. The fraction of sp³-hybridized carbons (Fsp3) is 0.125. The molecule has 0 amide bonds. The first-order valence-corrected chi connectivity index (χ1v) is 10.5. The van der Waals surface area contributed by atoms with Crippen molar-refractivity contribution in [2.45, 2.75) is 6.54 Å². The summed E-state index contributed by atoms with van der Waals surface area (Å²) in [7, 11) is 4.07. The molecule has 0 aliphatic carbocycles. The van der Waals surface area contributed by atoms with Crippen molar-refractivity contribution in [3.05, 3.63) is 67.3 Å². The molecule has 6 aromatic heterocycles. The first-order valence-electron chi connectivity index (χ1n) is 10.5. The Labute approximate surface area is 188 Å². The van der Waals surface area contributed by atoms with E-state index in [0.717, 1.165) is 62.1 Å². The number of rotatable bonds is 5. The zero-order valence-corrected chi connectivity index (χ0v) is 18.1. The second kappa shape index (κ2) is 7.64. The molecule has 0 radical (unpaired) electrons. The van der Waals surface area contributed by atoms with Crippen molar-refractivity contribution in [2.24, 2.45) is 0 Å². The molecule has 0 atom stereocenters. The molecule has 0 unspecified atom stereocenters. The monoisotopic (exact) mass is 436 g/mol. The van der Waals surface area contributed by atoms with Gasteiger partial charge in [-0.15, -0.1) is 0 Å². The summed E-state index contributed by atoms with van der Waals surface area (Å²) in [5, 5.41) is 8.51. The van der Waals surface area contributed by atoms with E-state index < -0.39 is 0 Å². The average molecular weight is 436 g/mol. The van der Waals surface area contributed by atoms with Crippen LogP contribution in [0.3, 0.4) is 0 Å². The highest BCUT2D eigenvalue weighted by molar-refractivity contribution is 5.97. The van der Waals surface area contributed by atoms with Gasteiger partial charge in [-0.05, 0) is 37.9 Å². The predicted molar refractivity (Wildman–Crippen MR) is 125 cm³/mol. The van der Waals surface area contributed by atoms with E-state index in [-0.39, 0.29) is 0 Å². The van der Waals surface area contributed by atoms with Gasteiger partial charge < -0.3 is 14.3 Å². The van der Waals surface area contributed by atoms with Crippen LogP contribution in [0.5, 0.6) is 0 Å². The van der Waals surface area contributed by atoms with Crippen molar-refractivity contribution in [1.29, 1.82) is 0 Å². The highest BCUT2D eigenvalue weighted by Gasteiger charge is 2.17. The number of aromatic amines is 2. The number of hydrogen-bond donors (Lipinski definition) is 2. The Morgan fingerprint density at radius 1 is 0.970 bits per heavy atom. The molecule has 162 valence electrons. The van der Waals surface area contributed by atoms with Crippen LogP contribution in [-0.2, 0) is 6.54 Å². The van der Waals surface area contributed by atoms with Crippen molar-refractivity contribution >= 4 is 21.9 Å². The molecule has 6 aromatic rings. The molecular weight excluding hydrogens is 416 g/mol. The number of imidazole rings is 1. The highest BCUT2D eigenvalue weighted by Crippen LogP contribution is 2.32. The van der Waals surface area contributed by atoms with Crippen molar-refractivity contribution in [3.63, 3.8) is 0 Å². The third-order valence-corrected chi connectivity index (χ3v) is 5.49. The summed E-state index contributed by atoms with van der Waals surface area (Å²) in [6.45, 7) is 0.812. The van der Waals surface area contributed by atoms with Crippen molar-refractivity contribution < 1.29 is 4.42 Å². The summed E-state index contributed by atoms with van der Waals surface area (Å²) in [6.07, 6.45) is 12.4. The van der Waals surface area contributed by atoms with Gasteiger partial charge in [-0.1, -0.05) is 0 Å². The van der Waals surface area contributed by atoms with Crippen LogP contribution in [0.4, 0.5) is 0 Å². The van der Waals surface area contributed by atoms with Gasteiger partial charge in [0.1, 0.15) is 11.2 Å². The minimum absolute atomic E-state index is 0.658. The number of H-pyrrole nitrogens is 2. The number of nitrogens with one attached hydrogen (secondary N) is 2. The molecule has 0 saturated heterocycles. The third-order valence-electron chi connectivity index (χ3n) is 5.49. The van der Waals surface area contributed by atoms with Crippen LogP contribution in [0.15, 0.2) is 66.1 Å². The molecule has 0 spiro atoms. The molecule has 2 N–H and O–H groups in total. The highest BCUT2D eigenvalue weighted by atomic mass is 16.3. The number of furan rings is 1. The zero-order chi connectivity index (χ0) is 22.4. The van der Waals surface area contributed by atoms with Crippen LogP contribution in [0, 0.1) is 0 Å². The lowest BCUT2D eigenvalue weighted by atomic mass is 10.1. The van der Waals surface area contributed by atoms with E-state index in [1.54, 1.807) is 31.1 Å². The van der Waals surface area contributed by atoms with E-state index in [9.17, 15) is 0 Å². The first kappa shape index (κ1) is 19.3. The number of pyridine rings is 3. The standard InChI is InChI=1S/C24H20N8O/c1-32(2)12-14-5-16(8-25-7-14)19-6-17-20(11-27-19)30-31-23(17)24-28-21-10-26-9-18(22(21)29-24)15-3-4-33-13-15/h3-11,13H,12H2,1-2H3,(H,28,29)(H,30,31). The van der Waals surface area contributed by atoms with E-state index in [1.807, 2.05) is 38.6 Å². The summed E-state index contributed by atoms with van der Waals surface area (Å²) in [4.78, 5) is 23.7. The molecule has 6 heterocycles. The van der Waals surface area contributed by atoms with E-state index in [1.165, 1.54) is 0 Å². The van der Waals surface area contributed by atoms with Crippen LogP contribution in [-0.4, -0.2) is 54.1 Å². The molecule has 0 fully saturated rings. The van der Waals surface area contributed by atoms with Gasteiger partial charge in [-0.25, -0.2) is 4.98 Å². The first-order chi connectivity index (χ1) is 16.2. The van der Waals surface area contributed by atoms with Crippen molar-refractivity contribution in [2.75, 3.05) is 14.1 Å². The molecule has 9 nitrogen and oxygen atoms in total. The van der Waals surface area contributed by atoms with E-state index in [4.69, 9.17) is 9.40 Å². The lowest BCUT2D eigenvalue weighted by Gasteiger charge is -2.10. The van der Waals surface area contributed by atoms with Crippen molar-refractivity contribution in [1.82, 2.24) is 40.0 Å². The maximum Gasteiger partial charge on any atom is 0.159 e. The van der Waals surface area contributed by atoms with Gasteiger partial charge in [0.05, 0.1) is 41.6 Å². The van der Waals surface area contributed by atoms with E-state index in [0.29, 0.717) is 5.82 Å². The number of fused-ring (bicyclic) bond motifs is 2. The second-order valence-electron chi connectivity index (χ2n) is 8.19. The number of aromatic nitrogens is 7. The minimum Gasteiger partial charge on any atom is -0.472 e. The quantitative estimate of drug-likeness (QED) is 0.415. The van der Waals surface area contributed by atoms with Crippen LogP contribution in [0.25, 0.3) is 55.8 Å². The smallest absolute Gasteiger partial charge is 0.159 e. The summed E-state index contributed by atoms with van der Waals surface area (Å²) < 4.78 is 5.24. The summed E-state index contributed by atoms with van der Waals surface area (Å²) in [5.41, 5.74) is 7.93. The molecule has 0 saturated carbocycles. The Hall–Kier alpha value is -4.37. The van der Waals surface area contributed by atoms with Crippen LogP contribution < -0.4 is 0 Å². The topological polar surface area (TPSA) is 112 Å². The van der Waals surface area contributed by atoms with Gasteiger partial charge in [0.15, 0.2) is 5.82 Å². The Balaban J connectivity index is 1.45. The maximum atomic E-state index is 5.24. The second-order valence-corrected chi connectivity index (χ2v) is 8.19. The normalized spacial score (nSPS) is 11.7. The third kappa shape index (κ3) is 3.44. The van der Waals surface area contributed by atoms with Gasteiger partial charge in [0, 0.05) is 47.2 Å². The molecular formula is C24H20N8O. The molecule has 0 bridgehead atoms. The lowest BCUT2D eigenvalue weighted by Crippen LogP contribution is -2.10.